The summed E-state index contributed by atoms with van der Waals surface area (Å²) in [5, 5.41) is 11.4. The van der Waals surface area contributed by atoms with Crippen molar-refractivity contribution in [2.24, 2.45) is 0 Å². The molecule has 0 bridgehead atoms. The van der Waals surface area contributed by atoms with E-state index in [0.717, 1.165) is 24.3 Å². The van der Waals surface area contributed by atoms with Crippen LogP contribution in [0.15, 0.2) is 65.6 Å². The third kappa shape index (κ3) is 5.71. The van der Waals surface area contributed by atoms with Crippen LogP contribution in [-0.2, 0) is 19.7 Å². The molecule has 3 aromatic heterocycles. The van der Waals surface area contributed by atoms with Crippen molar-refractivity contribution >= 4 is 11.6 Å². The van der Waals surface area contributed by atoms with Gasteiger partial charge in [0, 0.05) is 24.5 Å². The van der Waals surface area contributed by atoms with Gasteiger partial charge in [0.1, 0.15) is 18.1 Å². The summed E-state index contributed by atoms with van der Waals surface area (Å²) in [5.41, 5.74) is 2.93. The van der Waals surface area contributed by atoms with Gasteiger partial charge in [0.05, 0.1) is 24.6 Å². The molecule has 0 saturated carbocycles. The smallest absolute Gasteiger partial charge is 0.291 e. The first kappa shape index (κ1) is 22.4. The Morgan fingerprint density at radius 2 is 1.85 bits per heavy atom. The van der Waals surface area contributed by atoms with Crippen LogP contribution in [0.1, 0.15) is 60.6 Å². The van der Waals surface area contributed by atoms with Gasteiger partial charge in [0.25, 0.3) is 5.91 Å². The van der Waals surface area contributed by atoms with Gasteiger partial charge in [-0.05, 0) is 49.1 Å². The van der Waals surface area contributed by atoms with Crippen LogP contribution in [0.5, 0.6) is 5.75 Å². The zero-order valence-corrected chi connectivity index (χ0v) is 19.2. The number of rotatable bonds is 10. The van der Waals surface area contributed by atoms with Crippen molar-refractivity contribution in [2.45, 2.75) is 52.8 Å². The van der Waals surface area contributed by atoms with Gasteiger partial charge in [-0.15, -0.1) is 0 Å². The van der Waals surface area contributed by atoms with E-state index < -0.39 is 0 Å². The zero-order chi connectivity index (χ0) is 23.2. The van der Waals surface area contributed by atoms with E-state index in [2.05, 4.69) is 41.5 Å². The molecule has 1 atom stereocenters. The maximum Gasteiger partial charge on any atom is 0.291 e. The highest BCUT2D eigenvalue weighted by molar-refractivity contribution is 6.02. The predicted molar refractivity (Wildman–Crippen MR) is 125 cm³/mol. The highest BCUT2D eigenvalue weighted by Gasteiger charge is 2.13. The van der Waals surface area contributed by atoms with Crippen molar-refractivity contribution in [2.75, 3.05) is 5.32 Å². The van der Waals surface area contributed by atoms with Crippen LogP contribution in [0.2, 0.25) is 0 Å². The summed E-state index contributed by atoms with van der Waals surface area (Å²) < 4.78 is 15.1. The summed E-state index contributed by atoms with van der Waals surface area (Å²) in [7, 11) is 0. The molecule has 0 fully saturated rings. The summed E-state index contributed by atoms with van der Waals surface area (Å²) in [6, 6.07) is 11.5. The molecule has 1 N–H and O–H groups in total. The van der Waals surface area contributed by atoms with Crippen LogP contribution in [0.4, 0.5) is 5.69 Å². The van der Waals surface area contributed by atoms with E-state index in [9.17, 15) is 4.79 Å². The molecule has 0 aliphatic rings. The molecular weight excluding hydrogens is 418 g/mol. The van der Waals surface area contributed by atoms with E-state index in [1.165, 1.54) is 5.56 Å². The van der Waals surface area contributed by atoms with Crippen LogP contribution in [-0.4, -0.2) is 25.5 Å². The second kappa shape index (κ2) is 10.2. The highest BCUT2D eigenvalue weighted by Crippen LogP contribution is 2.22. The molecule has 172 valence electrons. The number of nitrogens with zero attached hydrogens (tertiary/aromatic N) is 4. The van der Waals surface area contributed by atoms with Gasteiger partial charge >= 0.3 is 0 Å². The van der Waals surface area contributed by atoms with Gasteiger partial charge in [-0.2, -0.15) is 10.2 Å². The van der Waals surface area contributed by atoms with E-state index >= 15 is 0 Å². The normalized spacial score (nSPS) is 12.0. The molecule has 4 aromatic rings. The number of benzene rings is 1. The first-order valence-electron chi connectivity index (χ1n) is 11.2. The number of nitrogens with one attached hydrogen (secondary N) is 1. The average Bonchev–Trinajstić information content (AvgIpc) is 3.59. The lowest BCUT2D eigenvalue weighted by Gasteiger charge is -2.10. The van der Waals surface area contributed by atoms with Crippen molar-refractivity contribution < 1.29 is 13.9 Å². The van der Waals surface area contributed by atoms with Crippen LogP contribution in [0.25, 0.3) is 0 Å². The van der Waals surface area contributed by atoms with Crippen LogP contribution < -0.4 is 10.1 Å². The van der Waals surface area contributed by atoms with Crippen molar-refractivity contribution in [1.29, 1.82) is 0 Å². The predicted octanol–water partition coefficient (Wildman–Crippen LogP) is 5.09. The minimum atomic E-state index is -0.336. The molecule has 0 saturated heterocycles. The molecule has 33 heavy (non-hydrogen) atoms. The zero-order valence-electron chi connectivity index (χ0n) is 19.2. The fourth-order valence-electron chi connectivity index (χ4n) is 3.42. The monoisotopic (exact) mass is 447 g/mol. The SMILES string of the molecule is CCC(C)c1ccc(OCc2ccc(C(=O)Nc3cnn(Cc4cnn(CC)c4)c3)o2)cc1. The Kier molecular flexibility index (Phi) is 6.92. The minimum absolute atomic E-state index is 0.220. The second-order valence-corrected chi connectivity index (χ2v) is 8.02. The number of ether oxygens (including phenoxy) is 1. The highest BCUT2D eigenvalue weighted by atomic mass is 16.5. The number of carbonyl (C=O) groups is 1. The number of aromatic nitrogens is 4. The lowest BCUT2D eigenvalue weighted by molar-refractivity contribution is 0.0992. The van der Waals surface area contributed by atoms with Crippen LogP contribution in [0, 0.1) is 0 Å². The van der Waals surface area contributed by atoms with Crippen molar-refractivity contribution in [3.63, 3.8) is 0 Å². The Hall–Kier alpha value is -3.81. The number of aryl methyl sites for hydroxylation is 1. The first-order valence-corrected chi connectivity index (χ1v) is 11.2. The summed E-state index contributed by atoms with van der Waals surface area (Å²) in [6.07, 6.45) is 8.28. The second-order valence-electron chi connectivity index (χ2n) is 8.02. The fourth-order valence-corrected chi connectivity index (χ4v) is 3.42. The van der Waals surface area contributed by atoms with Gasteiger partial charge in [0.2, 0.25) is 0 Å². The van der Waals surface area contributed by atoms with Gasteiger partial charge in [-0.3, -0.25) is 14.2 Å². The molecule has 1 unspecified atom stereocenters. The molecule has 4 rings (SSSR count). The number of hydrogen-bond donors (Lipinski definition) is 1. The van der Waals surface area contributed by atoms with Gasteiger partial charge in [-0.25, -0.2) is 0 Å². The lowest BCUT2D eigenvalue weighted by atomic mass is 9.99. The van der Waals surface area contributed by atoms with Gasteiger partial charge in [0.15, 0.2) is 5.76 Å². The third-order valence-corrected chi connectivity index (χ3v) is 5.57. The number of anilines is 1. The fraction of sp³-hybridized carbons (Fsp3) is 0.320. The van der Waals surface area contributed by atoms with E-state index in [0.29, 0.717) is 23.9 Å². The quantitative estimate of drug-likeness (QED) is 0.366. The Balaban J connectivity index is 1.29. The Bertz CT molecular complexity index is 1190. The molecular formula is C25H29N5O3. The van der Waals surface area contributed by atoms with Crippen molar-refractivity contribution in [1.82, 2.24) is 19.6 Å². The average molecular weight is 448 g/mol. The van der Waals surface area contributed by atoms with E-state index in [-0.39, 0.29) is 18.3 Å². The summed E-state index contributed by atoms with van der Waals surface area (Å²) in [5.74, 6) is 1.75. The Morgan fingerprint density at radius 1 is 1.06 bits per heavy atom. The third-order valence-electron chi connectivity index (χ3n) is 5.57. The minimum Gasteiger partial charge on any atom is -0.486 e. The lowest BCUT2D eigenvalue weighted by Crippen LogP contribution is -2.10. The van der Waals surface area contributed by atoms with E-state index in [1.807, 2.05) is 36.1 Å². The molecule has 3 heterocycles. The van der Waals surface area contributed by atoms with Crippen LogP contribution >= 0.6 is 0 Å². The Labute approximate surface area is 193 Å². The summed E-state index contributed by atoms with van der Waals surface area (Å²) in [4.78, 5) is 12.5. The molecule has 8 nitrogen and oxygen atoms in total. The topological polar surface area (TPSA) is 87.1 Å². The standard InChI is InChI=1S/C25H29N5O3/c1-4-18(3)20-6-8-22(9-7-20)32-17-23-10-11-24(33-23)25(31)28-21-13-27-30(16-21)15-19-12-26-29(5-2)14-19/h6-14,16,18H,4-5,15,17H2,1-3H3,(H,28,31). The first-order chi connectivity index (χ1) is 16.0. The molecule has 8 heteroatoms. The van der Waals surface area contributed by atoms with E-state index in [4.69, 9.17) is 9.15 Å². The van der Waals surface area contributed by atoms with Crippen LogP contribution in [0.3, 0.4) is 0 Å². The largest absolute Gasteiger partial charge is 0.486 e. The van der Waals surface area contributed by atoms with Crippen molar-refractivity contribution in [3.8, 4) is 5.75 Å². The summed E-state index contributed by atoms with van der Waals surface area (Å²) >= 11 is 0. The number of amides is 1. The molecule has 0 aliphatic heterocycles. The van der Waals surface area contributed by atoms with E-state index in [1.54, 1.807) is 29.2 Å². The molecule has 0 aliphatic carbocycles. The maximum atomic E-state index is 12.5. The number of hydrogen-bond acceptors (Lipinski definition) is 5. The molecule has 0 spiro atoms. The molecule has 1 amide bonds. The molecule has 1 aromatic carbocycles. The number of carbonyl (C=O) groups excluding carboxylic acids is 1. The number of furan rings is 1. The molecule has 0 radical (unpaired) electrons. The van der Waals surface area contributed by atoms with Gasteiger partial charge < -0.3 is 14.5 Å². The van der Waals surface area contributed by atoms with Gasteiger partial charge in [-0.1, -0.05) is 26.0 Å². The Morgan fingerprint density at radius 3 is 2.58 bits per heavy atom. The van der Waals surface area contributed by atoms with Crippen molar-refractivity contribution in [3.05, 3.63) is 83.8 Å². The maximum absolute atomic E-state index is 12.5. The summed E-state index contributed by atoms with van der Waals surface area (Å²) in [6.45, 7) is 8.07.